The summed E-state index contributed by atoms with van der Waals surface area (Å²) in [7, 11) is -3.69. The molecule has 0 bridgehead atoms. The second kappa shape index (κ2) is 6.78. The van der Waals surface area contributed by atoms with Gasteiger partial charge in [0.25, 0.3) is 0 Å². The Morgan fingerprint density at radius 2 is 2.16 bits per heavy atom. The Labute approximate surface area is 116 Å². The lowest BCUT2D eigenvalue weighted by Crippen LogP contribution is -2.26. The van der Waals surface area contributed by atoms with E-state index in [1.165, 1.54) is 12.1 Å². The van der Waals surface area contributed by atoms with Crippen molar-refractivity contribution in [1.82, 2.24) is 4.72 Å². The summed E-state index contributed by atoms with van der Waals surface area (Å²) >= 11 is 1.63. The Hall–Kier alpha value is -1.25. The van der Waals surface area contributed by atoms with E-state index in [1.54, 1.807) is 11.8 Å². The first-order valence-electron chi connectivity index (χ1n) is 5.50. The van der Waals surface area contributed by atoms with Gasteiger partial charge in [0.15, 0.2) is 0 Å². The number of hydrogen-bond donors (Lipinski definition) is 3. The van der Waals surface area contributed by atoms with Gasteiger partial charge < -0.3 is 10.8 Å². The summed E-state index contributed by atoms with van der Waals surface area (Å²) in [4.78, 5) is 10.6. The van der Waals surface area contributed by atoms with E-state index < -0.39 is 16.0 Å². The Bertz CT molecular complexity index is 558. The second-order valence-electron chi connectivity index (χ2n) is 3.80. The number of hydrogen-bond acceptors (Lipinski definition) is 5. The molecule has 0 atom stereocenters. The Morgan fingerprint density at radius 3 is 2.68 bits per heavy atom. The minimum absolute atomic E-state index is 0.0427. The first-order chi connectivity index (χ1) is 8.88. The molecule has 1 rings (SSSR count). The number of aromatic carboxylic acids is 1. The largest absolute Gasteiger partial charge is 0.478 e. The number of rotatable bonds is 7. The summed E-state index contributed by atoms with van der Waals surface area (Å²) in [6, 6.07) is 3.56. The van der Waals surface area contributed by atoms with Crippen LogP contribution in [0.3, 0.4) is 0 Å². The summed E-state index contributed by atoms with van der Waals surface area (Å²) in [5.74, 6) is -0.292. The van der Waals surface area contributed by atoms with Crippen LogP contribution in [-0.4, -0.2) is 38.0 Å². The Morgan fingerprint density at radius 1 is 1.47 bits per heavy atom. The van der Waals surface area contributed by atoms with Gasteiger partial charge in [-0.25, -0.2) is 17.9 Å². The molecule has 0 amide bonds. The van der Waals surface area contributed by atoms with Crippen molar-refractivity contribution in [2.45, 2.75) is 11.3 Å². The fourth-order valence-corrected chi connectivity index (χ4v) is 3.05. The minimum atomic E-state index is -3.69. The average molecular weight is 304 g/mol. The summed E-state index contributed by atoms with van der Waals surface area (Å²) in [6.45, 7) is 0.323. The molecule has 0 aliphatic carbocycles. The number of anilines is 1. The van der Waals surface area contributed by atoms with Crippen molar-refractivity contribution in [1.29, 1.82) is 0 Å². The first-order valence-corrected chi connectivity index (χ1v) is 8.37. The maximum Gasteiger partial charge on any atom is 0.335 e. The smallest absolute Gasteiger partial charge is 0.335 e. The van der Waals surface area contributed by atoms with Gasteiger partial charge in [0.2, 0.25) is 10.0 Å². The molecule has 0 saturated heterocycles. The third-order valence-corrected chi connectivity index (χ3v) is 4.60. The maximum atomic E-state index is 12.0. The van der Waals surface area contributed by atoms with Crippen molar-refractivity contribution in [3.8, 4) is 0 Å². The standard InChI is InChI=1S/C11H16N2O4S2/c1-18-6-2-5-13-19(16,17)10-4-3-8(11(14)15)7-9(10)12/h3-4,7,13H,2,5-6,12H2,1H3,(H,14,15). The van der Waals surface area contributed by atoms with Crippen molar-refractivity contribution < 1.29 is 18.3 Å². The Balaban J connectivity index is 2.87. The molecule has 1 aromatic carbocycles. The molecule has 4 N–H and O–H groups in total. The van der Waals surface area contributed by atoms with Crippen LogP contribution in [0.15, 0.2) is 23.1 Å². The van der Waals surface area contributed by atoms with Crippen LogP contribution in [0.5, 0.6) is 0 Å². The molecular weight excluding hydrogens is 288 g/mol. The SMILES string of the molecule is CSCCCNS(=O)(=O)c1ccc(C(=O)O)cc1N. The van der Waals surface area contributed by atoms with Crippen molar-refractivity contribution in [3.63, 3.8) is 0 Å². The molecule has 0 radical (unpaired) electrons. The first kappa shape index (κ1) is 15.8. The molecular formula is C11H16N2O4S2. The number of thioether (sulfide) groups is 1. The highest BCUT2D eigenvalue weighted by molar-refractivity contribution is 7.98. The zero-order chi connectivity index (χ0) is 14.5. The quantitative estimate of drug-likeness (QED) is 0.512. The van der Waals surface area contributed by atoms with E-state index in [0.717, 1.165) is 11.8 Å². The summed E-state index contributed by atoms with van der Waals surface area (Å²) in [5.41, 5.74) is 5.47. The fraction of sp³-hybridized carbons (Fsp3) is 0.364. The predicted octanol–water partition coefficient (Wildman–Crippen LogP) is 0.998. The van der Waals surface area contributed by atoms with E-state index in [4.69, 9.17) is 10.8 Å². The number of carboxylic acid groups (broad SMARTS) is 1. The number of benzene rings is 1. The number of nitrogens with two attached hydrogens (primary N) is 1. The van der Waals surface area contributed by atoms with Gasteiger partial charge in [-0.3, -0.25) is 0 Å². The van der Waals surface area contributed by atoms with Crippen LogP contribution < -0.4 is 10.5 Å². The monoisotopic (exact) mass is 304 g/mol. The van der Waals surface area contributed by atoms with Gasteiger partial charge in [-0.1, -0.05) is 0 Å². The summed E-state index contributed by atoms with van der Waals surface area (Å²) in [6.07, 6.45) is 2.66. The summed E-state index contributed by atoms with van der Waals surface area (Å²) in [5, 5.41) is 8.78. The number of nitrogens with one attached hydrogen (secondary N) is 1. The lowest BCUT2D eigenvalue weighted by atomic mass is 10.2. The third kappa shape index (κ3) is 4.41. The molecule has 19 heavy (non-hydrogen) atoms. The maximum absolute atomic E-state index is 12.0. The second-order valence-corrected chi connectivity index (χ2v) is 6.52. The van der Waals surface area contributed by atoms with Crippen LogP contribution in [0.2, 0.25) is 0 Å². The molecule has 6 nitrogen and oxygen atoms in total. The zero-order valence-electron chi connectivity index (χ0n) is 10.4. The van der Waals surface area contributed by atoms with Crippen LogP contribution in [0.1, 0.15) is 16.8 Å². The van der Waals surface area contributed by atoms with Crippen LogP contribution in [0.4, 0.5) is 5.69 Å². The van der Waals surface area contributed by atoms with Crippen molar-refractivity contribution in [2.75, 3.05) is 24.3 Å². The third-order valence-electron chi connectivity index (χ3n) is 2.36. The van der Waals surface area contributed by atoms with Gasteiger partial charge in [-0.15, -0.1) is 0 Å². The summed E-state index contributed by atoms with van der Waals surface area (Å²) < 4.78 is 26.3. The molecule has 0 saturated carbocycles. The average Bonchev–Trinajstić information content (AvgIpc) is 2.34. The van der Waals surface area contributed by atoms with Crippen molar-refractivity contribution >= 4 is 33.4 Å². The highest BCUT2D eigenvalue weighted by Crippen LogP contribution is 2.19. The molecule has 1 aromatic rings. The van der Waals surface area contributed by atoms with E-state index in [1.807, 2.05) is 6.26 Å². The van der Waals surface area contributed by atoms with Gasteiger partial charge >= 0.3 is 5.97 Å². The Kier molecular flexibility index (Phi) is 5.64. The van der Waals surface area contributed by atoms with Crippen molar-refractivity contribution in [2.24, 2.45) is 0 Å². The number of nitrogen functional groups attached to an aromatic ring is 1. The molecule has 8 heteroatoms. The van der Waals surface area contributed by atoms with Gasteiger partial charge in [0, 0.05) is 6.54 Å². The fourth-order valence-electron chi connectivity index (χ4n) is 1.43. The molecule has 0 heterocycles. The van der Waals surface area contributed by atoms with Crippen LogP contribution in [0, 0.1) is 0 Å². The molecule has 0 unspecified atom stereocenters. The molecule has 0 aliphatic heterocycles. The normalized spacial score (nSPS) is 11.4. The topological polar surface area (TPSA) is 109 Å². The van der Waals surface area contributed by atoms with Crippen LogP contribution in [0.25, 0.3) is 0 Å². The predicted molar refractivity (Wildman–Crippen MR) is 76.0 cm³/mol. The van der Waals surface area contributed by atoms with E-state index >= 15 is 0 Å². The van der Waals surface area contributed by atoms with Gasteiger partial charge in [-0.2, -0.15) is 11.8 Å². The molecule has 106 valence electrons. The molecule has 0 spiro atoms. The van der Waals surface area contributed by atoms with Gasteiger partial charge in [0.05, 0.1) is 11.3 Å². The number of sulfonamides is 1. The van der Waals surface area contributed by atoms with E-state index in [9.17, 15) is 13.2 Å². The van der Waals surface area contributed by atoms with E-state index in [0.29, 0.717) is 13.0 Å². The van der Waals surface area contributed by atoms with Gasteiger partial charge in [-0.05, 0) is 36.6 Å². The van der Waals surface area contributed by atoms with Gasteiger partial charge in [0.1, 0.15) is 4.90 Å². The van der Waals surface area contributed by atoms with E-state index in [-0.39, 0.29) is 16.1 Å². The number of carboxylic acids is 1. The zero-order valence-corrected chi connectivity index (χ0v) is 12.1. The lowest BCUT2D eigenvalue weighted by Gasteiger charge is -2.09. The minimum Gasteiger partial charge on any atom is -0.478 e. The molecule has 0 fully saturated rings. The van der Waals surface area contributed by atoms with Crippen LogP contribution >= 0.6 is 11.8 Å². The highest BCUT2D eigenvalue weighted by Gasteiger charge is 2.18. The highest BCUT2D eigenvalue weighted by atomic mass is 32.2. The molecule has 0 aromatic heterocycles. The van der Waals surface area contributed by atoms with Crippen LogP contribution in [-0.2, 0) is 10.0 Å². The lowest BCUT2D eigenvalue weighted by molar-refractivity contribution is 0.0697. The van der Waals surface area contributed by atoms with Crippen molar-refractivity contribution in [3.05, 3.63) is 23.8 Å². The van der Waals surface area contributed by atoms with E-state index in [2.05, 4.69) is 4.72 Å². The number of carbonyl (C=O) groups is 1. The molecule has 0 aliphatic rings.